The summed E-state index contributed by atoms with van der Waals surface area (Å²) in [7, 11) is 0. The van der Waals surface area contributed by atoms with Gasteiger partial charge in [-0.25, -0.2) is 0 Å². The molecule has 0 heterocycles. The molecule has 2 rings (SSSR count). The monoisotopic (exact) mass is 346 g/mol. The van der Waals surface area contributed by atoms with Crippen LogP contribution in [0.4, 0.5) is 0 Å². The molecule has 0 saturated heterocycles. The molecule has 2 nitrogen and oxygen atoms in total. The fourth-order valence-corrected chi connectivity index (χ4v) is 3.04. The van der Waals surface area contributed by atoms with Crippen LogP contribution in [0.1, 0.15) is 45.6 Å². The first-order valence-corrected chi connectivity index (χ1v) is 9.37. The largest absolute Gasteiger partial charge is 0.296 e. The maximum Gasteiger partial charge on any atom is 0.0730 e. The van der Waals surface area contributed by atoms with Crippen molar-refractivity contribution in [2.45, 2.75) is 40.0 Å². The fourth-order valence-electron chi connectivity index (χ4n) is 3.04. The third-order valence-electron chi connectivity index (χ3n) is 4.60. The molecule has 0 radical (unpaired) electrons. The average Bonchev–Trinajstić information content (AvgIpc) is 2.63. The van der Waals surface area contributed by atoms with E-state index in [1.54, 1.807) is 0 Å². The molecule has 0 N–H and O–H groups in total. The molecule has 26 heavy (non-hydrogen) atoms. The molecule has 2 heteroatoms. The number of nitrogens with zero attached hydrogens (tertiary/aromatic N) is 2. The van der Waals surface area contributed by atoms with Gasteiger partial charge >= 0.3 is 0 Å². The zero-order valence-corrected chi connectivity index (χ0v) is 16.5. The van der Waals surface area contributed by atoms with Gasteiger partial charge in [0, 0.05) is 19.6 Å². The maximum atomic E-state index is 9.80. The molecule has 0 saturated carbocycles. The van der Waals surface area contributed by atoms with Crippen molar-refractivity contribution < 1.29 is 0 Å². The Bertz CT molecular complexity index is 790. The second kappa shape index (κ2) is 9.94. The van der Waals surface area contributed by atoms with Crippen molar-refractivity contribution >= 4 is 10.8 Å². The highest BCUT2D eigenvalue weighted by Crippen LogP contribution is 2.27. The van der Waals surface area contributed by atoms with E-state index in [1.807, 2.05) is 6.07 Å². The summed E-state index contributed by atoms with van der Waals surface area (Å²) in [4.78, 5) is 2.41. The number of hydrogen-bond acceptors (Lipinski definition) is 2. The van der Waals surface area contributed by atoms with Crippen LogP contribution in [0.5, 0.6) is 0 Å². The van der Waals surface area contributed by atoms with Gasteiger partial charge in [0.25, 0.3) is 0 Å². The molecule has 0 bridgehead atoms. The highest BCUT2D eigenvalue weighted by atomic mass is 15.1. The van der Waals surface area contributed by atoms with Crippen molar-refractivity contribution in [1.29, 1.82) is 5.26 Å². The van der Waals surface area contributed by atoms with Crippen LogP contribution in [0.2, 0.25) is 0 Å². The van der Waals surface area contributed by atoms with Gasteiger partial charge in [0.2, 0.25) is 0 Å². The Kier molecular flexibility index (Phi) is 7.63. The third kappa shape index (κ3) is 5.86. The molecule has 1 atom stereocenters. The molecule has 0 fully saturated rings. The standard InChI is InChI=1S/C24H30N2/c1-19(2)12-15-26(16-13-20(3)4)17-14-22(18-25)24-11-7-9-21-8-5-6-10-23(21)24/h5-13,22H,14-17H2,1-4H3. The van der Waals surface area contributed by atoms with E-state index in [1.165, 1.54) is 21.9 Å². The predicted molar refractivity (Wildman–Crippen MR) is 112 cm³/mol. The predicted octanol–water partition coefficient (Wildman–Crippen LogP) is 6.07. The van der Waals surface area contributed by atoms with Crippen molar-refractivity contribution in [3.05, 3.63) is 71.3 Å². The Balaban J connectivity index is 2.15. The van der Waals surface area contributed by atoms with Gasteiger partial charge in [0.15, 0.2) is 0 Å². The van der Waals surface area contributed by atoms with Crippen molar-refractivity contribution in [1.82, 2.24) is 4.90 Å². The van der Waals surface area contributed by atoms with Crippen LogP contribution >= 0.6 is 0 Å². The minimum absolute atomic E-state index is 0.0815. The van der Waals surface area contributed by atoms with Gasteiger partial charge < -0.3 is 0 Å². The van der Waals surface area contributed by atoms with Gasteiger partial charge in [-0.15, -0.1) is 0 Å². The molecular weight excluding hydrogens is 316 g/mol. The molecular formula is C24H30N2. The van der Waals surface area contributed by atoms with Crippen LogP contribution in [0.15, 0.2) is 65.8 Å². The van der Waals surface area contributed by atoms with E-state index in [-0.39, 0.29) is 5.92 Å². The van der Waals surface area contributed by atoms with E-state index in [9.17, 15) is 5.26 Å². The zero-order valence-electron chi connectivity index (χ0n) is 16.5. The minimum atomic E-state index is -0.0815. The quantitative estimate of drug-likeness (QED) is 0.542. The van der Waals surface area contributed by atoms with E-state index >= 15 is 0 Å². The van der Waals surface area contributed by atoms with Crippen molar-refractivity contribution in [2.24, 2.45) is 0 Å². The summed E-state index contributed by atoms with van der Waals surface area (Å²) in [5.41, 5.74) is 3.81. The first kappa shape index (κ1) is 19.9. The summed E-state index contributed by atoms with van der Waals surface area (Å²) >= 11 is 0. The highest BCUT2D eigenvalue weighted by molar-refractivity contribution is 5.86. The Morgan fingerprint density at radius 3 is 2.19 bits per heavy atom. The molecule has 0 aromatic heterocycles. The smallest absolute Gasteiger partial charge is 0.0730 e. The van der Waals surface area contributed by atoms with E-state index in [4.69, 9.17) is 0 Å². The number of benzene rings is 2. The van der Waals surface area contributed by atoms with Gasteiger partial charge in [-0.1, -0.05) is 65.8 Å². The Morgan fingerprint density at radius 1 is 0.962 bits per heavy atom. The van der Waals surface area contributed by atoms with E-state index in [0.717, 1.165) is 31.6 Å². The van der Waals surface area contributed by atoms with Crippen LogP contribution in [-0.2, 0) is 0 Å². The van der Waals surface area contributed by atoms with Crippen LogP contribution in [0, 0.1) is 11.3 Å². The Morgan fingerprint density at radius 2 is 1.58 bits per heavy atom. The maximum absolute atomic E-state index is 9.80. The van der Waals surface area contributed by atoms with Crippen molar-refractivity contribution in [3.8, 4) is 6.07 Å². The Labute approximate surface area is 158 Å². The van der Waals surface area contributed by atoms with Gasteiger partial charge in [0.1, 0.15) is 0 Å². The van der Waals surface area contributed by atoms with E-state index in [0.29, 0.717) is 0 Å². The molecule has 136 valence electrons. The summed E-state index contributed by atoms with van der Waals surface area (Å²) in [6.07, 6.45) is 5.37. The SMILES string of the molecule is CC(C)=CCN(CC=C(C)C)CCC(C#N)c1cccc2ccccc12. The third-order valence-corrected chi connectivity index (χ3v) is 4.60. The van der Waals surface area contributed by atoms with Crippen LogP contribution in [0.25, 0.3) is 10.8 Å². The molecule has 1 unspecified atom stereocenters. The summed E-state index contributed by atoms with van der Waals surface area (Å²) < 4.78 is 0. The molecule has 0 amide bonds. The normalized spacial score (nSPS) is 11.8. The van der Waals surface area contributed by atoms with Crippen LogP contribution in [-0.4, -0.2) is 24.5 Å². The number of nitriles is 1. The summed E-state index contributed by atoms with van der Waals surface area (Å²) in [5, 5.41) is 12.2. The first-order valence-electron chi connectivity index (χ1n) is 9.37. The number of allylic oxidation sites excluding steroid dienone is 2. The lowest BCUT2D eigenvalue weighted by atomic mass is 9.92. The topological polar surface area (TPSA) is 27.0 Å². The average molecular weight is 347 g/mol. The minimum Gasteiger partial charge on any atom is -0.296 e. The van der Waals surface area contributed by atoms with Gasteiger partial charge in [-0.05, 0) is 50.5 Å². The second-order valence-electron chi connectivity index (χ2n) is 7.36. The lowest BCUT2D eigenvalue weighted by molar-refractivity contribution is 0.324. The number of fused-ring (bicyclic) bond motifs is 1. The summed E-state index contributed by atoms with van der Waals surface area (Å²) in [5.74, 6) is -0.0815. The number of rotatable bonds is 8. The molecule has 0 aliphatic rings. The molecule has 2 aromatic carbocycles. The van der Waals surface area contributed by atoms with Crippen molar-refractivity contribution in [2.75, 3.05) is 19.6 Å². The number of hydrogen-bond donors (Lipinski definition) is 0. The van der Waals surface area contributed by atoms with Crippen molar-refractivity contribution in [3.63, 3.8) is 0 Å². The lowest BCUT2D eigenvalue weighted by Crippen LogP contribution is -2.26. The zero-order chi connectivity index (χ0) is 18.9. The molecule has 2 aromatic rings. The summed E-state index contributed by atoms with van der Waals surface area (Å²) in [6.45, 7) is 11.3. The van der Waals surface area contributed by atoms with Gasteiger partial charge in [-0.3, -0.25) is 4.90 Å². The Hall–Kier alpha value is -2.37. The summed E-state index contributed by atoms with van der Waals surface area (Å²) in [6, 6.07) is 17.2. The molecule has 0 aliphatic heterocycles. The first-order chi connectivity index (χ1) is 12.5. The van der Waals surface area contributed by atoms with E-state index < -0.39 is 0 Å². The fraction of sp³-hybridized carbons (Fsp3) is 0.375. The second-order valence-corrected chi connectivity index (χ2v) is 7.36. The molecule has 0 aliphatic carbocycles. The van der Waals surface area contributed by atoms with E-state index in [2.05, 4.69) is 87.2 Å². The highest BCUT2D eigenvalue weighted by Gasteiger charge is 2.15. The van der Waals surface area contributed by atoms with Gasteiger partial charge in [0.05, 0.1) is 12.0 Å². The van der Waals surface area contributed by atoms with Crippen LogP contribution < -0.4 is 0 Å². The molecule has 0 spiro atoms. The van der Waals surface area contributed by atoms with Crippen LogP contribution in [0.3, 0.4) is 0 Å². The lowest BCUT2D eigenvalue weighted by Gasteiger charge is -2.21. The van der Waals surface area contributed by atoms with Gasteiger partial charge in [-0.2, -0.15) is 5.26 Å².